The van der Waals surface area contributed by atoms with Gasteiger partial charge in [-0.15, -0.1) is 0 Å². The van der Waals surface area contributed by atoms with Crippen LogP contribution in [0.1, 0.15) is 15.2 Å². The molecule has 2 heterocycles. The van der Waals surface area contributed by atoms with Crippen molar-refractivity contribution in [3.05, 3.63) is 65.0 Å². The van der Waals surface area contributed by atoms with Gasteiger partial charge in [-0.1, -0.05) is 47.7 Å². The Bertz CT molecular complexity index is 1070. The van der Waals surface area contributed by atoms with E-state index in [9.17, 15) is 9.90 Å². The van der Waals surface area contributed by atoms with E-state index >= 15 is 0 Å². The van der Waals surface area contributed by atoms with Crippen molar-refractivity contribution in [3.63, 3.8) is 0 Å². The average molecular weight is 336 g/mol. The number of carbonyl (C=O) groups excluding carboxylic acids is 1. The van der Waals surface area contributed by atoms with E-state index in [-0.39, 0.29) is 16.9 Å². The van der Waals surface area contributed by atoms with Gasteiger partial charge >= 0.3 is 0 Å². The van der Waals surface area contributed by atoms with Gasteiger partial charge in [0.25, 0.3) is 5.95 Å². The van der Waals surface area contributed by atoms with E-state index in [1.165, 1.54) is 6.07 Å². The summed E-state index contributed by atoms with van der Waals surface area (Å²) in [4.78, 5) is 17.5. The number of nitrogens with zero attached hydrogens (tertiary/aromatic N) is 1. The molecule has 0 radical (unpaired) electrons. The van der Waals surface area contributed by atoms with Crippen molar-refractivity contribution in [3.8, 4) is 17.4 Å². The number of ketones is 1. The molecule has 5 nitrogen and oxygen atoms in total. The van der Waals surface area contributed by atoms with E-state index in [0.717, 1.165) is 22.1 Å². The summed E-state index contributed by atoms with van der Waals surface area (Å²) in [7, 11) is 0. The van der Waals surface area contributed by atoms with Crippen LogP contribution in [0.2, 0.25) is 0 Å². The lowest BCUT2D eigenvalue weighted by Crippen LogP contribution is -2.00. The van der Waals surface area contributed by atoms with Gasteiger partial charge in [-0.25, -0.2) is 4.98 Å². The van der Waals surface area contributed by atoms with Gasteiger partial charge in [0.2, 0.25) is 5.78 Å². The smallest absolute Gasteiger partial charge is 0.282 e. The van der Waals surface area contributed by atoms with Crippen LogP contribution in [0.3, 0.4) is 0 Å². The topological polar surface area (TPSA) is 89.3 Å². The number of nitrogen functional groups attached to an aromatic ring is 1. The average Bonchev–Trinajstić information content (AvgIpc) is 3.19. The Labute approximate surface area is 141 Å². The predicted octanol–water partition coefficient (Wildman–Crippen LogP) is 4.08. The number of aromatic hydroxyl groups is 1. The highest BCUT2D eigenvalue weighted by Crippen LogP contribution is 2.34. The van der Waals surface area contributed by atoms with Crippen LogP contribution in [0.4, 0.5) is 5.13 Å². The number of furan rings is 1. The maximum Gasteiger partial charge on any atom is 0.282 e. The molecule has 118 valence electrons. The van der Waals surface area contributed by atoms with Gasteiger partial charge in [0.15, 0.2) is 10.9 Å². The minimum atomic E-state index is -0.235. The summed E-state index contributed by atoms with van der Waals surface area (Å²) in [6.07, 6.45) is 0. The minimum absolute atomic E-state index is 0.180. The first kappa shape index (κ1) is 14.5. The Morgan fingerprint density at radius 1 is 1.08 bits per heavy atom. The van der Waals surface area contributed by atoms with Gasteiger partial charge in [-0.2, -0.15) is 0 Å². The molecule has 0 aliphatic rings. The van der Waals surface area contributed by atoms with Crippen molar-refractivity contribution >= 4 is 33.0 Å². The van der Waals surface area contributed by atoms with Crippen LogP contribution in [-0.4, -0.2) is 15.9 Å². The molecular formula is C18H12N2O3S. The zero-order valence-corrected chi connectivity index (χ0v) is 13.2. The Hall–Kier alpha value is -3.12. The van der Waals surface area contributed by atoms with Gasteiger partial charge < -0.3 is 15.3 Å². The zero-order chi connectivity index (χ0) is 16.7. The molecule has 0 aliphatic heterocycles. The summed E-state index contributed by atoms with van der Waals surface area (Å²) in [5.74, 6) is -0.105. The molecule has 0 amide bonds. The number of anilines is 1. The van der Waals surface area contributed by atoms with Crippen molar-refractivity contribution in [1.82, 2.24) is 4.98 Å². The first-order chi connectivity index (χ1) is 11.6. The van der Waals surface area contributed by atoms with Crippen LogP contribution < -0.4 is 5.73 Å². The third-order valence-corrected chi connectivity index (χ3v) is 4.57. The van der Waals surface area contributed by atoms with Crippen LogP contribution in [-0.2, 0) is 0 Å². The number of carbonyl (C=O) groups is 1. The van der Waals surface area contributed by atoms with Gasteiger partial charge in [-0.3, -0.25) is 4.79 Å². The molecule has 2 aromatic heterocycles. The number of nitrogens with two attached hydrogens (primary N) is 1. The summed E-state index contributed by atoms with van der Waals surface area (Å²) in [6, 6.07) is 16.3. The lowest BCUT2D eigenvalue weighted by molar-refractivity contribution is 0.104. The standard InChI is InChI=1S/C18H12N2O3S/c19-18-20-15(13-7-8-14(21)23-13)17(24-18)16(22)12-6-5-10-3-1-2-4-11(10)9-12/h1-9,21H,(H2,19,20). The van der Waals surface area contributed by atoms with Crippen LogP contribution in [0.15, 0.2) is 59.0 Å². The van der Waals surface area contributed by atoms with Crippen molar-refractivity contribution in [2.75, 3.05) is 5.73 Å². The number of benzene rings is 2. The minimum Gasteiger partial charge on any atom is -0.481 e. The highest BCUT2D eigenvalue weighted by Gasteiger charge is 2.22. The lowest BCUT2D eigenvalue weighted by atomic mass is 10.0. The Balaban J connectivity index is 1.81. The quantitative estimate of drug-likeness (QED) is 0.550. The summed E-state index contributed by atoms with van der Waals surface area (Å²) in [6.45, 7) is 0. The van der Waals surface area contributed by atoms with E-state index < -0.39 is 0 Å². The van der Waals surface area contributed by atoms with Crippen molar-refractivity contribution in [2.24, 2.45) is 0 Å². The molecule has 4 rings (SSSR count). The Kier molecular flexibility index (Phi) is 3.32. The molecule has 0 fully saturated rings. The number of hydrogen-bond donors (Lipinski definition) is 2. The molecule has 0 saturated heterocycles. The Morgan fingerprint density at radius 2 is 1.88 bits per heavy atom. The van der Waals surface area contributed by atoms with E-state index in [4.69, 9.17) is 10.2 Å². The van der Waals surface area contributed by atoms with Crippen molar-refractivity contribution < 1.29 is 14.3 Å². The molecule has 24 heavy (non-hydrogen) atoms. The fourth-order valence-corrected chi connectivity index (χ4v) is 3.37. The van der Waals surface area contributed by atoms with Gasteiger partial charge in [0.1, 0.15) is 10.6 Å². The molecule has 0 unspecified atom stereocenters. The molecule has 0 spiro atoms. The summed E-state index contributed by atoms with van der Waals surface area (Å²) in [5, 5.41) is 11.7. The molecule has 2 aromatic carbocycles. The van der Waals surface area contributed by atoms with Gasteiger partial charge in [0.05, 0.1) is 0 Å². The van der Waals surface area contributed by atoms with Crippen LogP contribution in [0.25, 0.3) is 22.2 Å². The van der Waals surface area contributed by atoms with Gasteiger partial charge in [0, 0.05) is 11.6 Å². The monoisotopic (exact) mass is 336 g/mol. The number of thiazole rings is 1. The third kappa shape index (κ3) is 2.43. The summed E-state index contributed by atoms with van der Waals surface area (Å²) >= 11 is 1.10. The molecule has 6 heteroatoms. The molecule has 4 aromatic rings. The highest BCUT2D eigenvalue weighted by molar-refractivity contribution is 7.18. The van der Waals surface area contributed by atoms with E-state index in [1.807, 2.05) is 36.4 Å². The molecular weight excluding hydrogens is 324 g/mol. The second-order valence-corrected chi connectivity index (χ2v) is 6.29. The predicted molar refractivity (Wildman–Crippen MR) is 93.3 cm³/mol. The highest BCUT2D eigenvalue weighted by atomic mass is 32.1. The normalized spacial score (nSPS) is 11.0. The van der Waals surface area contributed by atoms with Crippen LogP contribution in [0, 0.1) is 0 Å². The molecule has 0 atom stereocenters. The molecule has 3 N–H and O–H groups in total. The number of fused-ring (bicyclic) bond motifs is 1. The maximum absolute atomic E-state index is 12.9. The number of rotatable bonds is 3. The van der Waals surface area contributed by atoms with E-state index in [1.54, 1.807) is 12.1 Å². The molecule has 0 bridgehead atoms. The fourth-order valence-electron chi connectivity index (χ4n) is 2.57. The second-order valence-electron chi connectivity index (χ2n) is 5.26. The van der Waals surface area contributed by atoms with Crippen molar-refractivity contribution in [2.45, 2.75) is 0 Å². The summed E-state index contributed by atoms with van der Waals surface area (Å²) in [5.41, 5.74) is 6.67. The number of aromatic nitrogens is 1. The first-order valence-electron chi connectivity index (χ1n) is 7.21. The van der Waals surface area contributed by atoms with Gasteiger partial charge in [-0.05, 0) is 22.9 Å². The largest absolute Gasteiger partial charge is 0.481 e. The lowest BCUT2D eigenvalue weighted by Gasteiger charge is -2.03. The fraction of sp³-hybridized carbons (Fsp3) is 0. The van der Waals surface area contributed by atoms with Crippen LogP contribution >= 0.6 is 11.3 Å². The first-order valence-corrected chi connectivity index (χ1v) is 8.02. The zero-order valence-electron chi connectivity index (χ0n) is 12.4. The van der Waals surface area contributed by atoms with E-state index in [2.05, 4.69) is 4.98 Å². The Morgan fingerprint density at radius 3 is 2.62 bits per heavy atom. The molecule has 0 saturated carbocycles. The summed E-state index contributed by atoms with van der Waals surface area (Å²) < 4.78 is 5.17. The number of hydrogen-bond acceptors (Lipinski definition) is 6. The van der Waals surface area contributed by atoms with Crippen LogP contribution in [0.5, 0.6) is 5.95 Å². The molecule has 0 aliphatic carbocycles. The maximum atomic E-state index is 12.9. The third-order valence-electron chi connectivity index (χ3n) is 3.69. The second kappa shape index (κ2) is 5.50. The van der Waals surface area contributed by atoms with Crippen molar-refractivity contribution in [1.29, 1.82) is 0 Å². The SMILES string of the molecule is Nc1nc(-c2ccc(O)o2)c(C(=O)c2ccc3ccccc3c2)s1. The van der Waals surface area contributed by atoms with E-state index in [0.29, 0.717) is 21.9 Å².